The van der Waals surface area contributed by atoms with E-state index in [4.69, 9.17) is 9.47 Å². The molecule has 0 aliphatic heterocycles. The van der Waals surface area contributed by atoms with Gasteiger partial charge in [0, 0.05) is 20.2 Å². The first-order valence-corrected chi connectivity index (χ1v) is 6.76. The van der Waals surface area contributed by atoms with Gasteiger partial charge < -0.3 is 9.47 Å². The van der Waals surface area contributed by atoms with Crippen LogP contribution in [-0.4, -0.2) is 29.6 Å². The van der Waals surface area contributed by atoms with Crippen molar-refractivity contribution in [3.8, 4) is 11.5 Å². The van der Waals surface area contributed by atoms with E-state index in [1.807, 2.05) is 0 Å². The van der Waals surface area contributed by atoms with Crippen molar-refractivity contribution in [3.63, 3.8) is 0 Å². The molecule has 1 heterocycles. The van der Waals surface area contributed by atoms with E-state index in [2.05, 4.69) is 10.5 Å². The van der Waals surface area contributed by atoms with Crippen molar-refractivity contribution in [2.75, 3.05) is 19.6 Å². The predicted octanol–water partition coefficient (Wildman–Crippen LogP) is 0.547. The number of hydrogen-bond acceptors (Lipinski definition) is 6. The maximum absolute atomic E-state index is 11.8. The smallest absolute Gasteiger partial charge is 0.332 e. The van der Waals surface area contributed by atoms with Gasteiger partial charge in [0.15, 0.2) is 11.5 Å². The van der Waals surface area contributed by atoms with E-state index in [1.165, 1.54) is 17.7 Å². The van der Waals surface area contributed by atoms with Crippen LogP contribution in [0.5, 0.6) is 11.5 Å². The van der Waals surface area contributed by atoms with E-state index >= 15 is 0 Å². The molecule has 1 N–H and O–H groups in total. The predicted molar refractivity (Wildman–Crippen MR) is 87.7 cm³/mol. The molecule has 0 fully saturated rings. The van der Waals surface area contributed by atoms with E-state index in [0.717, 1.165) is 10.1 Å². The summed E-state index contributed by atoms with van der Waals surface area (Å²) < 4.78 is 12.7. The quantitative estimate of drug-likeness (QED) is 0.642. The number of benzene rings is 1. The summed E-state index contributed by atoms with van der Waals surface area (Å²) >= 11 is 0. The lowest BCUT2D eigenvalue weighted by molar-refractivity contribution is 0.355. The molecule has 0 saturated heterocycles. The van der Waals surface area contributed by atoms with E-state index in [0.29, 0.717) is 17.3 Å². The summed E-state index contributed by atoms with van der Waals surface area (Å²) in [6.07, 6.45) is 1.55. The molecule has 8 nitrogen and oxygen atoms in total. The number of anilines is 1. The van der Waals surface area contributed by atoms with Crippen molar-refractivity contribution in [1.29, 1.82) is 0 Å². The summed E-state index contributed by atoms with van der Waals surface area (Å²) in [6, 6.07) is 6.62. The largest absolute Gasteiger partial charge is 0.493 e. The van der Waals surface area contributed by atoms with Crippen LogP contribution in [0.25, 0.3) is 0 Å². The summed E-state index contributed by atoms with van der Waals surface area (Å²) in [5.41, 5.74) is 2.62. The lowest BCUT2D eigenvalue weighted by Gasteiger charge is -2.09. The zero-order valence-electron chi connectivity index (χ0n) is 13.4. The van der Waals surface area contributed by atoms with Gasteiger partial charge in [0.1, 0.15) is 5.82 Å². The molecule has 0 amide bonds. The molecule has 0 aliphatic rings. The molecule has 0 saturated carbocycles. The van der Waals surface area contributed by atoms with Crippen LogP contribution in [0.1, 0.15) is 5.56 Å². The van der Waals surface area contributed by atoms with E-state index in [9.17, 15) is 9.59 Å². The maximum Gasteiger partial charge on any atom is 0.332 e. The van der Waals surface area contributed by atoms with Crippen molar-refractivity contribution in [1.82, 2.24) is 9.13 Å². The van der Waals surface area contributed by atoms with Crippen molar-refractivity contribution >= 4 is 12.0 Å². The van der Waals surface area contributed by atoms with E-state index in [-0.39, 0.29) is 0 Å². The summed E-state index contributed by atoms with van der Waals surface area (Å²) in [5, 5.41) is 4.04. The van der Waals surface area contributed by atoms with Gasteiger partial charge in [-0.05, 0) is 23.8 Å². The number of methoxy groups -OCH3 is 2. The number of nitrogens with one attached hydrogen (secondary N) is 1. The number of ether oxygens (including phenoxy) is 2. The van der Waals surface area contributed by atoms with Gasteiger partial charge in [-0.25, -0.2) is 4.79 Å². The number of aromatic nitrogens is 2. The Morgan fingerprint density at radius 1 is 1.04 bits per heavy atom. The second kappa shape index (κ2) is 6.82. The molecule has 0 atom stereocenters. The van der Waals surface area contributed by atoms with Gasteiger partial charge in [-0.2, -0.15) is 5.10 Å². The van der Waals surface area contributed by atoms with Gasteiger partial charge in [-0.1, -0.05) is 0 Å². The minimum absolute atomic E-state index is 0.301. The Bertz CT molecular complexity index is 852. The van der Waals surface area contributed by atoms with Crippen LogP contribution in [0.3, 0.4) is 0 Å². The third-order valence-electron chi connectivity index (χ3n) is 3.33. The first-order chi connectivity index (χ1) is 11.0. The average molecular weight is 318 g/mol. The summed E-state index contributed by atoms with van der Waals surface area (Å²) in [6.45, 7) is 0. The highest BCUT2D eigenvalue weighted by Crippen LogP contribution is 2.26. The van der Waals surface area contributed by atoms with E-state index < -0.39 is 11.2 Å². The Morgan fingerprint density at radius 2 is 1.74 bits per heavy atom. The topological polar surface area (TPSA) is 86.9 Å². The molecule has 122 valence electrons. The summed E-state index contributed by atoms with van der Waals surface area (Å²) in [7, 11) is 6.08. The number of hydrogen-bond donors (Lipinski definition) is 1. The molecule has 23 heavy (non-hydrogen) atoms. The fraction of sp³-hybridized carbons (Fsp3) is 0.267. The number of rotatable bonds is 5. The van der Waals surface area contributed by atoms with Crippen LogP contribution in [0.2, 0.25) is 0 Å². The molecule has 0 aliphatic carbocycles. The van der Waals surface area contributed by atoms with Crippen LogP contribution >= 0.6 is 0 Å². The zero-order chi connectivity index (χ0) is 17.0. The van der Waals surface area contributed by atoms with Gasteiger partial charge in [0.25, 0.3) is 5.56 Å². The van der Waals surface area contributed by atoms with Crippen molar-refractivity contribution in [3.05, 3.63) is 50.7 Å². The van der Waals surface area contributed by atoms with Gasteiger partial charge >= 0.3 is 5.69 Å². The standard InChI is InChI=1S/C15H18N4O4/c1-18-13(8-14(20)19(2)15(18)21)17-16-9-10-5-6-11(22-3)12(7-10)23-4/h5-9,17H,1-4H3/b16-9-. The Hall–Kier alpha value is -3.03. The minimum atomic E-state index is -0.429. The van der Waals surface area contributed by atoms with Crippen LogP contribution < -0.4 is 26.1 Å². The number of nitrogens with zero attached hydrogens (tertiary/aromatic N) is 3. The molecule has 0 spiro atoms. The first kappa shape index (κ1) is 16.3. The highest BCUT2D eigenvalue weighted by Gasteiger charge is 2.05. The van der Waals surface area contributed by atoms with Crippen LogP contribution in [-0.2, 0) is 14.1 Å². The zero-order valence-corrected chi connectivity index (χ0v) is 13.4. The minimum Gasteiger partial charge on any atom is -0.493 e. The van der Waals surface area contributed by atoms with Gasteiger partial charge in [-0.3, -0.25) is 19.4 Å². The Kier molecular flexibility index (Phi) is 4.85. The molecule has 2 rings (SSSR count). The molecule has 2 aromatic rings. The van der Waals surface area contributed by atoms with Crippen LogP contribution in [0, 0.1) is 0 Å². The Labute approximate surface area is 132 Å². The fourth-order valence-corrected chi connectivity index (χ4v) is 1.95. The third kappa shape index (κ3) is 3.42. The first-order valence-electron chi connectivity index (χ1n) is 6.76. The van der Waals surface area contributed by atoms with Crippen molar-refractivity contribution < 1.29 is 9.47 Å². The Morgan fingerprint density at radius 3 is 2.39 bits per heavy atom. The monoisotopic (exact) mass is 318 g/mol. The fourth-order valence-electron chi connectivity index (χ4n) is 1.95. The highest BCUT2D eigenvalue weighted by molar-refractivity contribution is 5.81. The molecule has 0 bridgehead atoms. The second-order valence-electron chi connectivity index (χ2n) is 4.75. The van der Waals surface area contributed by atoms with E-state index in [1.54, 1.807) is 45.7 Å². The van der Waals surface area contributed by atoms with Crippen molar-refractivity contribution in [2.45, 2.75) is 0 Å². The van der Waals surface area contributed by atoms with Gasteiger partial charge in [0.05, 0.1) is 20.4 Å². The number of hydrazone groups is 1. The second-order valence-corrected chi connectivity index (χ2v) is 4.75. The maximum atomic E-state index is 11.8. The molecule has 1 aromatic carbocycles. The van der Waals surface area contributed by atoms with Gasteiger partial charge in [0.2, 0.25) is 0 Å². The summed E-state index contributed by atoms with van der Waals surface area (Å²) in [5.74, 6) is 1.50. The molecule has 0 unspecified atom stereocenters. The van der Waals surface area contributed by atoms with Crippen LogP contribution in [0.15, 0.2) is 39.0 Å². The van der Waals surface area contributed by atoms with Crippen LogP contribution in [0.4, 0.5) is 5.82 Å². The third-order valence-corrected chi connectivity index (χ3v) is 3.33. The molecular weight excluding hydrogens is 300 g/mol. The summed E-state index contributed by atoms with van der Waals surface area (Å²) in [4.78, 5) is 23.4. The lowest BCUT2D eigenvalue weighted by atomic mass is 10.2. The Balaban J connectivity index is 2.23. The SMILES string of the molecule is COc1ccc(/C=N\Nc2cc(=O)n(C)c(=O)n2C)cc1OC. The lowest BCUT2D eigenvalue weighted by Crippen LogP contribution is -2.37. The molecule has 0 radical (unpaired) electrons. The molecule has 8 heteroatoms. The molecule has 1 aromatic heterocycles. The average Bonchev–Trinajstić information content (AvgIpc) is 2.57. The normalized spacial score (nSPS) is 10.8. The molecular formula is C15H18N4O4. The van der Waals surface area contributed by atoms with Gasteiger partial charge in [-0.15, -0.1) is 0 Å². The van der Waals surface area contributed by atoms with Crippen molar-refractivity contribution in [2.24, 2.45) is 19.2 Å². The highest BCUT2D eigenvalue weighted by atomic mass is 16.5.